The Kier molecular flexibility index (Phi) is 8.69. The molecule has 0 spiro atoms. The molecular formula is C26H34BN3O5. The minimum Gasteiger partial charge on any atom is -0.426 e. The molecule has 3 atom stereocenters. The maximum absolute atomic E-state index is 14.1. The van der Waals surface area contributed by atoms with E-state index in [4.69, 9.17) is 0 Å². The summed E-state index contributed by atoms with van der Waals surface area (Å²) in [6, 6.07) is 16.7. The molecular weight excluding hydrogens is 445 g/mol. The van der Waals surface area contributed by atoms with E-state index in [1.807, 2.05) is 26.0 Å². The Morgan fingerprint density at radius 1 is 1.06 bits per heavy atom. The van der Waals surface area contributed by atoms with Crippen molar-refractivity contribution in [1.29, 1.82) is 0 Å². The van der Waals surface area contributed by atoms with Crippen molar-refractivity contribution in [3.05, 3.63) is 71.8 Å². The molecule has 1 fully saturated rings. The summed E-state index contributed by atoms with van der Waals surface area (Å²) in [5.41, 5.74) is -0.119. The second kappa shape index (κ2) is 11.5. The molecule has 2 aromatic rings. The quantitative estimate of drug-likeness (QED) is 0.411. The van der Waals surface area contributed by atoms with Crippen LogP contribution < -0.4 is 10.6 Å². The van der Waals surface area contributed by atoms with Gasteiger partial charge in [0.05, 0.1) is 5.94 Å². The standard InChI is InChI=1S/C26H34BN3O5/c1-4-21(27(34)35)28-24(32)22(19-12-7-5-8-13-19)30-17-11-16-26(18(2)3,25(30)33)29-23(31)20-14-9-6-10-15-20/h5-10,12-15,18,21-22,34-35H,4,11,16-17H2,1-3H3,(H,28,32)(H,29,31)/t21-,22?,26?/m0/s1. The van der Waals surface area contributed by atoms with Gasteiger partial charge in [-0.2, -0.15) is 0 Å². The van der Waals surface area contributed by atoms with Gasteiger partial charge in [-0.25, -0.2) is 0 Å². The van der Waals surface area contributed by atoms with Gasteiger partial charge < -0.3 is 25.6 Å². The highest BCUT2D eigenvalue weighted by molar-refractivity contribution is 6.43. The van der Waals surface area contributed by atoms with Crippen molar-refractivity contribution in [3.63, 3.8) is 0 Å². The third kappa shape index (κ3) is 5.74. The number of likely N-dealkylation sites (tertiary alicyclic amines) is 1. The zero-order chi connectivity index (χ0) is 25.6. The van der Waals surface area contributed by atoms with E-state index in [1.54, 1.807) is 55.5 Å². The number of hydrogen-bond acceptors (Lipinski definition) is 5. The highest BCUT2D eigenvalue weighted by Gasteiger charge is 2.50. The summed E-state index contributed by atoms with van der Waals surface area (Å²) < 4.78 is 0. The summed E-state index contributed by atoms with van der Waals surface area (Å²) in [4.78, 5) is 42.2. The van der Waals surface area contributed by atoms with Crippen LogP contribution in [0.3, 0.4) is 0 Å². The minimum atomic E-state index is -1.72. The zero-order valence-corrected chi connectivity index (χ0v) is 20.5. The number of carbonyl (C=O) groups excluding carboxylic acids is 3. The molecule has 0 radical (unpaired) electrons. The Hall–Kier alpha value is -3.17. The van der Waals surface area contributed by atoms with Crippen molar-refractivity contribution in [2.24, 2.45) is 5.92 Å². The number of carbonyl (C=O) groups is 3. The first-order chi connectivity index (χ1) is 16.7. The maximum atomic E-state index is 14.1. The number of piperidine rings is 1. The first kappa shape index (κ1) is 26.4. The van der Waals surface area contributed by atoms with Crippen LogP contribution in [-0.2, 0) is 9.59 Å². The Morgan fingerprint density at radius 3 is 2.20 bits per heavy atom. The van der Waals surface area contributed by atoms with Gasteiger partial charge in [0, 0.05) is 12.1 Å². The number of benzene rings is 2. The van der Waals surface area contributed by atoms with Gasteiger partial charge >= 0.3 is 7.12 Å². The molecule has 1 saturated heterocycles. The molecule has 1 heterocycles. The monoisotopic (exact) mass is 479 g/mol. The lowest BCUT2D eigenvalue weighted by molar-refractivity contribution is -0.151. The molecule has 3 amide bonds. The Morgan fingerprint density at radius 2 is 1.66 bits per heavy atom. The van der Waals surface area contributed by atoms with Gasteiger partial charge in [0.1, 0.15) is 11.6 Å². The lowest BCUT2D eigenvalue weighted by atomic mass is 9.76. The number of hydrogen-bond donors (Lipinski definition) is 4. The van der Waals surface area contributed by atoms with Crippen LogP contribution in [-0.4, -0.2) is 57.8 Å². The Bertz CT molecular complexity index is 1020. The van der Waals surface area contributed by atoms with Crippen molar-refractivity contribution < 1.29 is 24.4 Å². The molecule has 0 aliphatic carbocycles. The molecule has 0 saturated carbocycles. The molecule has 35 heavy (non-hydrogen) atoms. The van der Waals surface area contributed by atoms with E-state index >= 15 is 0 Å². The normalized spacial score (nSPS) is 19.7. The molecule has 1 aliphatic heterocycles. The van der Waals surface area contributed by atoms with Crippen molar-refractivity contribution >= 4 is 24.8 Å². The molecule has 3 rings (SSSR count). The van der Waals surface area contributed by atoms with Crippen LogP contribution in [0.2, 0.25) is 0 Å². The second-order valence-electron chi connectivity index (χ2n) is 9.30. The first-order valence-electron chi connectivity index (χ1n) is 12.1. The van der Waals surface area contributed by atoms with Gasteiger partial charge in [-0.3, -0.25) is 14.4 Å². The SMILES string of the molecule is CC[C@H](NC(=O)C(c1ccccc1)N1CCCC(NC(=O)c2ccccc2)(C(C)C)C1=O)B(O)O. The van der Waals surface area contributed by atoms with Crippen LogP contribution in [0.15, 0.2) is 60.7 Å². The van der Waals surface area contributed by atoms with E-state index in [1.165, 1.54) is 4.90 Å². The van der Waals surface area contributed by atoms with E-state index in [-0.39, 0.29) is 17.7 Å². The fourth-order valence-electron chi connectivity index (χ4n) is 4.66. The molecule has 8 nitrogen and oxygen atoms in total. The van der Waals surface area contributed by atoms with E-state index in [0.717, 1.165) is 0 Å². The summed E-state index contributed by atoms with van der Waals surface area (Å²) >= 11 is 0. The maximum Gasteiger partial charge on any atom is 0.475 e. The third-order valence-corrected chi connectivity index (χ3v) is 6.77. The third-order valence-electron chi connectivity index (χ3n) is 6.77. The Balaban J connectivity index is 1.98. The van der Waals surface area contributed by atoms with Crippen molar-refractivity contribution in [3.8, 4) is 0 Å². The molecule has 9 heteroatoms. The van der Waals surface area contributed by atoms with Crippen molar-refractivity contribution in [2.75, 3.05) is 6.54 Å². The van der Waals surface area contributed by atoms with E-state index < -0.39 is 30.5 Å². The van der Waals surface area contributed by atoms with Crippen LogP contribution >= 0.6 is 0 Å². The van der Waals surface area contributed by atoms with Gasteiger partial charge in [-0.15, -0.1) is 0 Å². The lowest BCUT2D eigenvalue weighted by Crippen LogP contribution is -2.66. The number of rotatable bonds is 9. The van der Waals surface area contributed by atoms with E-state index in [0.29, 0.717) is 36.9 Å². The number of nitrogens with one attached hydrogen (secondary N) is 2. The zero-order valence-electron chi connectivity index (χ0n) is 20.5. The minimum absolute atomic E-state index is 0.229. The molecule has 0 bridgehead atoms. The summed E-state index contributed by atoms with van der Waals surface area (Å²) in [6.07, 6.45) is 1.35. The average molecular weight is 479 g/mol. The van der Waals surface area contributed by atoms with Gasteiger partial charge in [0.2, 0.25) is 11.8 Å². The summed E-state index contributed by atoms with van der Waals surface area (Å²) in [5.74, 6) is -2.28. The molecule has 2 unspecified atom stereocenters. The number of amides is 3. The second-order valence-corrected chi connectivity index (χ2v) is 9.30. The van der Waals surface area contributed by atoms with Crippen LogP contribution in [0.1, 0.15) is 62.0 Å². The molecule has 186 valence electrons. The Labute approximate surface area is 206 Å². The fraction of sp³-hybridized carbons (Fsp3) is 0.423. The smallest absolute Gasteiger partial charge is 0.426 e. The van der Waals surface area contributed by atoms with Gasteiger partial charge in [0.25, 0.3) is 5.91 Å². The molecule has 4 N–H and O–H groups in total. The van der Waals surface area contributed by atoms with Crippen LogP contribution in [0.25, 0.3) is 0 Å². The van der Waals surface area contributed by atoms with Crippen LogP contribution in [0, 0.1) is 5.92 Å². The molecule has 2 aromatic carbocycles. The highest BCUT2D eigenvalue weighted by atomic mass is 16.4. The van der Waals surface area contributed by atoms with E-state index in [9.17, 15) is 24.4 Å². The topological polar surface area (TPSA) is 119 Å². The molecule has 1 aliphatic rings. The predicted molar refractivity (Wildman–Crippen MR) is 134 cm³/mol. The average Bonchev–Trinajstić information content (AvgIpc) is 2.85. The van der Waals surface area contributed by atoms with Gasteiger partial charge in [-0.05, 0) is 42.9 Å². The lowest BCUT2D eigenvalue weighted by Gasteiger charge is -2.47. The van der Waals surface area contributed by atoms with Crippen molar-refractivity contribution in [2.45, 2.75) is 57.6 Å². The predicted octanol–water partition coefficient (Wildman–Crippen LogP) is 2.08. The van der Waals surface area contributed by atoms with E-state index in [2.05, 4.69) is 10.6 Å². The van der Waals surface area contributed by atoms with Gasteiger partial charge in [-0.1, -0.05) is 69.3 Å². The van der Waals surface area contributed by atoms with Gasteiger partial charge in [0.15, 0.2) is 0 Å². The molecule has 0 aromatic heterocycles. The highest BCUT2D eigenvalue weighted by Crippen LogP contribution is 2.35. The van der Waals surface area contributed by atoms with Crippen LogP contribution in [0.4, 0.5) is 0 Å². The summed E-state index contributed by atoms with van der Waals surface area (Å²) in [5, 5.41) is 25.0. The fourth-order valence-corrected chi connectivity index (χ4v) is 4.66. The van der Waals surface area contributed by atoms with Crippen LogP contribution in [0.5, 0.6) is 0 Å². The number of nitrogens with zero attached hydrogens (tertiary/aromatic N) is 1. The summed E-state index contributed by atoms with van der Waals surface area (Å²) in [6.45, 7) is 5.84. The van der Waals surface area contributed by atoms with Crippen molar-refractivity contribution in [1.82, 2.24) is 15.5 Å². The largest absolute Gasteiger partial charge is 0.475 e. The summed E-state index contributed by atoms with van der Waals surface area (Å²) in [7, 11) is -1.72. The first-order valence-corrected chi connectivity index (χ1v) is 12.1.